The van der Waals surface area contributed by atoms with Crippen LogP contribution >= 0.6 is 0 Å². The van der Waals surface area contributed by atoms with Gasteiger partial charge in [0, 0.05) is 51.0 Å². The molecule has 1 saturated carbocycles. The topological polar surface area (TPSA) is 36.4 Å². The molecule has 0 bridgehead atoms. The highest BCUT2D eigenvalue weighted by Gasteiger charge is 2.45. The summed E-state index contributed by atoms with van der Waals surface area (Å²) in [6.07, 6.45) is 4.74. The Morgan fingerprint density at radius 3 is 2.54 bits per heavy atom. The Bertz CT molecular complexity index is 681. The third-order valence-electron chi connectivity index (χ3n) is 5.15. The number of pyridine rings is 1. The molecule has 1 aromatic heterocycles. The lowest BCUT2D eigenvalue weighted by Gasteiger charge is -2.35. The SMILES string of the molecule is O=C([C@@H]1C[C@H]1c1ccccc1)N1CCN(Cc2cccnc2)CC1. The first kappa shape index (κ1) is 15.3. The summed E-state index contributed by atoms with van der Waals surface area (Å²) in [5.41, 5.74) is 2.55. The Morgan fingerprint density at radius 1 is 1.04 bits per heavy atom. The fourth-order valence-electron chi connectivity index (χ4n) is 3.65. The van der Waals surface area contributed by atoms with Gasteiger partial charge in [0.1, 0.15) is 0 Å². The first-order chi connectivity index (χ1) is 11.8. The molecule has 1 aliphatic carbocycles. The molecule has 0 spiro atoms. The van der Waals surface area contributed by atoms with Crippen LogP contribution in [0.1, 0.15) is 23.5 Å². The van der Waals surface area contributed by atoms with E-state index >= 15 is 0 Å². The van der Waals surface area contributed by atoms with E-state index in [1.54, 1.807) is 6.20 Å². The van der Waals surface area contributed by atoms with Crippen LogP contribution in [-0.2, 0) is 11.3 Å². The molecule has 1 saturated heterocycles. The van der Waals surface area contributed by atoms with Crippen LogP contribution in [-0.4, -0.2) is 46.9 Å². The van der Waals surface area contributed by atoms with Crippen molar-refractivity contribution in [3.8, 4) is 0 Å². The van der Waals surface area contributed by atoms with E-state index in [1.807, 2.05) is 18.3 Å². The first-order valence-electron chi connectivity index (χ1n) is 8.76. The molecular weight excluding hydrogens is 298 g/mol. The van der Waals surface area contributed by atoms with Gasteiger partial charge in [-0.2, -0.15) is 0 Å². The third-order valence-corrected chi connectivity index (χ3v) is 5.15. The monoisotopic (exact) mass is 321 g/mol. The van der Waals surface area contributed by atoms with Crippen molar-refractivity contribution in [2.75, 3.05) is 26.2 Å². The second kappa shape index (κ2) is 6.73. The van der Waals surface area contributed by atoms with Gasteiger partial charge in [-0.15, -0.1) is 0 Å². The standard InChI is InChI=1S/C20H23N3O/c24-20(19-13-18(19)17-6-2-1-3-7-17)23-11-9-22(10-12-23)15-16-5-4-8-21-14-16/h1-8,14,18-19H,9-13,15H2/t18-,19+/m0/s1. The van der Waals surface area contributed by atoms with Crippen LogP contribution in [0, 0.1) is 5.92 Å². The Labute approximate surface area is 143 Å². The first-order valence-corrected chi connectivity index (χ1v) is 8.76. The maximum Gasteiger partial charge on any atom is 0.226 e. The van der Waals surface area contributed by atoms with Crippen LogP contribution in [0.15, 0.2) is 54.9 Å². The largest absolute Gasteiger partial charge is 0.340 e. The number of piperazine rings is 1. The fourth-order valence-corrected chi connectivity index (χ4v) is 3.65. The average Bonchev–Trinajstić information content (AvgIpc) is 3.44. The number of hydrogen-bond acceptors (Lipinski definition) is 3. The van der Waals surface area contributed by atoms with Crippen LogP contribution in [0.5, 0.6) is 0 Å². The zero-order valence-corrected chi connectivity index (χ0v) is 13.8. The van der Waals surface area contributed by atoms with Gasteiger partial charge >= 0.3 is 0 Å². The molecular formula is C20H23N3O. The summed E-state index contributed by atoms with van der Waals surface area (Å²) in [4.78, 5) is 21.3. The number of amides is 1. The van der Waals surface area contributed by atoms with E-state index in [1.165, 1.54) is 11.1 Å². The number of rotatable bonds is 4. The molecule has 0 N–H and O–H groups in total. The number of aromatic nitrogens is 1. The molecule has 1 aromatic carbocycles. The van der Waals surface area contributed by atoms with Gasteiger partial charge in [-0.1, -0.05) is 36.4 Å². The van der Waals surface area contributed by atoms with Crippen molar-refractivity contribution in [1.29, 1.82) is 0 Å². The highest BCUT2D eigenvalue weighted by molar-refractivity contribution is 5.83. The van der Waals surface area contributed by atoms with Crippen LogP contribution in [0.25, 0.3) is 0 Å². The lowest BCUT2D eigenvalue weighted by molar-refractivity contribution is -0.134. The molecule has 2 aromatic rings. The molecule has 2 fully saturated rings. The van der Waals surface area contributed by atoms with E-state index in [0.717, 1.165) is 39.1 Å². The van der Waals surface area contributed by atoms with E-state index in [0.29, 0.717) is 11.8 Å². The average molecular weight is 321 g/mol. The number of benzene rings is 1. The van der Waals surface area contributed by atoms with Gasteiger partial charge in [0.05, 0.1) is 0 Å². The molecule has 24 heavy (non-hydrogen) atoms. The second-order valence-corrected chi connectivity index (χ2v) is 6.82. The predicted molar refractivity (Wildman–Crippen MR) is 93.4 cm³/mol. The zero-order chi connectivity index (χ0) is 16.4. The molecule has 4 rings (SSSR count). The summed E-state index contributed by atoms with van der Waals surface area (Å²) in [6.45, 7) is 4.51. The molecule has 4 nitrogen and oxygen atoms in total. The van der Waals surface area contributed by atoms with Gasteiger partial charge in [0.15, 0.2) is 0 Å². The van der Waals surface area contributed by atoms with Crippen molar-refractivity contribution in [2.45, 2.75) is 18.9 Å². The predicted octanol–water partition coefficient (Wildman–Crippen LogP) is 2.53. The normalized spacial score (nSPS) is 23.9. The Hall–Kier alpha value is -2.20. The van der Waals surface area contributed by atoms with Crippen molar-refractivity contribution in [3.63, 3.8) is 0 Å². The highest BCUT2D eigenvalue weighted by Crippen LogP contribution is 2.48. The minimum Gasteiger partial charge on any atom is -0.340 e. The Morgan fingerprint density at radius 2 is 1.83 bits per heavy atom. The summed E-state index contributed by atoms with van der Waals surface area (Å²) in [5.74, 6) is 0.995. The molecule has 2 aliphatic rings. The smallest absolute Gasteiger partial charge is 0.226 e. The summed E-state index contributed by atoms with van der Waals surface area (Å²) in [6, 6.07) is 14.5. The number of nitrogens with zero attached hydrogens (tertiary/aromatic N) is 3. The number of carbonyl (C=O) groups excluding carboxylic acids is 1. The van der Waals surface area contributed by atoms with E-state index in [-0.39, 0.29) is 5.92 Å². The Kier molecular flexibility index (Phi) is 4.30. The van der Waals surface area contributed by atoms with Crippen LogP contribution < -0.4 is 0 Å². The highest BCUT2D eigenvalue weighted by atomic mass is 16.2. The summed E-state index contributed by atoms with van der Waals surface area (Å²) in [7, 11) is 0. The van der Waals surface area contributed by atoms with Crippen LogP contribution in [0.3, 0.4) is 0 Å². The molecule has 2 atom stereocenters. The van der Waals surface area contributed by atoms with Crippen molar-refractivity contribution in [1.82, 2.24) is 14.8 Å². The number of carbonyl (C=O) groups is 1. The maximum atomic E-state index is 12.7. The molecule has 0 unspecified atom stereocenters. The number of hydrogen-bond donors (Lipinski definition) is 0. The maximum absolute atomic E-state index is 12.7. The van der Waals surface area contributed by atoms with Crippen LogP contribution in [0.4, 0.5) is 0 Å². The Balaban J connectivity index is 1.28. The quantitative estimate of drug-likeness (QED) is 0.868. The minimum atomic E-state index is 0.206. The van der Waals surface area contributed by atoms with Gasteiger partial charge < -0.3 is 4.90 Å². The van der Waals surface area contributed by atoms with Gasteiger partial charge in [-0.25, -0.2) is 0 Å². The fraction of sp³-hybridized carbons (Fsp3) is 0.400. The van der Waals surface area contributed by atoms with Crippen LogP contribution in [0.2, 0.25) is 0 Å². The van der Waals surface area contributed by atoms with Gasteiger partial charge in [-0.3, -0.25) is 14.7 Å². The lowest BCUT2D eigenvalue weighted by atomic mass is 10.1. The molecule has 4 heteroatoms. The zero-order valence-electron chi connectivity index (χ0n) is 13.8. The summed E-state index contributed by atoms with van der Waals surface area (Å²) >= 11 is 0. The van der Waals surface area contributed by atoms with E-state index in [9.17, 15) is 4.79 Å². The molecule has 124 valence electrons. The van der Waals surface area contributed by atoms with Gasteiger partial charge in [0.2, 0.25) is 5.91 Å². The van der Waals surface area contributed by atoms with Crippen molar-refractivity contribution in [3.05, 3.63) is 66.0 Å². The van der Waals surface area contributed by atoms with E-state index in [4.69, 9.17) is 0 Å². The molecule has 1 aliphatic heterocycles. The summed E-state index contributed by atoms with van der Waals surface area (Å²) < 4.78 is 0. The van der Waals surface area contributed by atoms with Gasteiger partial charge in [0.25, 0.3) is 0 Å². The van der Waals surface area contributed by atoms with Gasteiger partial charge in [-0.05, 0) is 29.5 Å². The van der Waals surface area contributed by atoms with Crippen molar-refractivity contribution in [2.24, 2.45) is 5.92 Å². The van der Waals surface area contributed by atoms with Crippen molar-refractivity contribution >= 4 is 5.91 Å². The molecule has 0 radical (unpaired) electrons. The molecule has 1 amide bonds. The van der Waals surface area contributed by atoms with E-state index in [2.05, 4.69) is 45.1 Å². The molecule has 2 heterocycles. The van der Waals surface area contributed by atoms with Crippen molar-refractivity contribution < 1.29 is 4.79 Å². The summed E-state index contributed by atoms with van der Waals surface area (Å²) in [5, 5.41) is 0. The third kappa shape index (κ3) is 3.34. The second-order valence-electron chi connectivity index (χ2n) is 6.82. The lowest BCUT2D eigenvalue weighted by Crippen LogP contribution is -2.48. The minimum absolute atomic E-state index is 0.206. The van der Waals surface area contributed by atoms with E-state index < -0.39 is 0 Å².